The van der Waals surface area contributed by atoms with Gasteiger partial charge in [0.25, 0.3) is 15.9 Å². The number of nitrogens with one attached hydrogen (secondary N) is 2. The van der Waals surface area contributed by atoms with Crippen LogP contribution in [-0.4, -0.2) is 27.4 Å². The highest BCUT2D eigenvalue weighted by Gasteiger charge is 2.32. The molecule has 0 atom stereocenters. The largest absolute Gasteiger partial charge is 0.416 e. The minimum absolute atomic E-state index is 0.0299. The topological polar surface area (TPSA) is 78.5 Å². The van der Waals surface area contributed by atoms with E-state index in [-0.39, 0.29) is 21.8 Å². The van der Waals surface area contributed by atoms with E-state index < -0.39 is 39.4 Å². The molecule has 202 valence electrons. The van der Waals surface area contributed by atoms with Gasteiger partial charge >= 0.3 is 12.4 Å². The molecule has 0 radical (unpaired) electrons. The van der Waals surface area contributed by atoms with Crippen molar-refractivity contribution in [3.05, 3.63) is 83.4 Å². The Morgan fingerprint density at radius 2 is 1.39 bits per heavy atom. The summed E-state index contributed by atoms with van der Waals surface area (Å²) in [4.78, 5) is 14.2. The molecule has 1 aliphatic heterocycles. The summed E-state index contributed by atoms with van der Waals surface area (Å²) < 4.78 is 107. The minimum Gasteiger partial charge on any atom is -0.370 e. The summed E-state index contributed by atoms with van der Waals surface area (Å²) in [7, 11) is -4.42. The van der Waals surface area contributed by atoms with Crippen molar-refractivity contribution in [2.45, 2.75) is 30.1 Å². The first-order valence-corrected chi connectivity index (χ1v) is 12.8. The summed E-state index contributed by atoms with van der Waals surface area (Å²) in [5.41, 5.74) is -2.02. The predicted molar refractivity (Wildman–Crippen MR) is 130 cm³/mol. The maximum Gasteiger partial charge on any atom is 0.416 e. The highest BCUT2D eigenvalue weighted by Crippen LogP contribution is 2.35. The molecular formula is C25H21F6N3O3S. The van der Waals surface area contributed by atoms with Crippen molar-refractivity contribution >= 4 is 33.0 Å². The van der Waals surface area contributed by atoms with Gasteiger partial charge in [0, 0.05) is 30.0 Å². The molecule has 1 aliphatic rings. The number of nitrogens with zero attached hydrogens (tertiary/aromatic N) is 1. The second-order valence-electron chi connectivity index (χ2n) is 8.59. The first kappa shape index (κ1) is 27.3. The fourth-order valence-electron chi connectivity index (χ4n) is 4.01. The quantitative estimate of drug-likeness (QED) is 0.345. The molecule has 0 saturated carbocycles. The van der Waals surface area contributed by atoms with Crippen molar-refractivity contribution in [1.29, 1.82) is 0 Å². The number of hydrogen-bond donors (Lipinski definition) is 2. The first-order valence-electron chi connectivity index (χ1n) is 11.3. The van der Waals surface area contributed by atoms with Crippen LogP contribution in [0, 0.1) is 0 Å². The Morgan fingerprint density at radius 1 is 0.763 bits per heavy atom. The van der Waals surface area contributed by atoms with Gasteiger partial charge in [-0.25, -0.2) is 8.42 Å². The normalized spacial score (nSPS) is 14.4. The van der Waals surface area contributed by atoms with E-state index in [1.807, 2.05) is 4.90 Å². The molecule has 0 spiro atoms. The summed E-state index contributed by atoms with van der Waals surface area (Å²) in [6, 6.07) is 11.3. The molecular weight excluding hydrogens is 536 g/mol. The molecule has 0 bridgehead atoms. The molecule has 6 nitrogen and oxygen atoms in total. The van der Waals surface area contributed by atoms with Crippen LogP contribution < -0.4 is 14.9 Å². The number of hydrogen-bond acceptors (Lipinski definition) is 4. The maximum absolute atomic E-state index is 13.3. The van der Waals surface area contributed by atoms with E-state index in [4.69, 9.17) is 0 Å². The van der Waals surface area contributed by atoms with E-state index in [0.717, 1.165) is 55.3 Å². The highest BCUT2D eigenvalue weighted by molar-refractivity contribution is 7.92. The standard InChI is InChI=1S/C25H21F6N3O3S/c26-24(27,28)17-8-6-16(7-9-17)23(35)32-19-10-11-21(34-12-1-2-13-34)22(15-19)38(36,37)33-20-5-3-4-18(14-20)25(29,30)31/h3-11,14-15,33H,1-2,12-13H2,(H,32,35). The lowest BCUT2D eigenvalue weighted by molar-refractivity contribution is -0.138. The van der Waals surface area contributed by atoms with Gasteiger partial charge in [-0.1, -0.05) is 6.07 Å². The molecule has 3 aromatic rings. The predicted octanol–water partition coefficient (Wildman–Crippen LogP) is 6.38. The van der Waals surface area contributed by atoms with Crippen LogP contribution in [-0.2, 0) is 22.4 Å². The van der Waals surface area contributed by atoms with Gasteiger partial charge in [0.15, 0.2) is 0 Å². The zero-order chi connectivity index (χ0) is 27.7. The van der Waals surface area contributed by atoms with Crippen LogP contribution in [0.5, 0.6) is 0 Å². The third-order valence-electron chi connectivity index (χ3n) is 5.87. The number of amides is 1. The minimum atomic E-state index is -4.68. The third kappa shape index (κ3) is 6.21. The smallest absolute Gasteiger partial charge is 0.370 e. The van der Waals surface area contributed by atoms with Gasteiger partial charge in [-0.15, -0.1) is 0 Å². The molecule has 3 aromatic carbocycles. The van der Waals surface area contributed by atoms with Crippen molar-refractivity contribution in [1.82, 2.24) is 0 Å². The number of anilines is 3. The summed E-state index contributed by atoms with van der Waals surface area (Å²) in [6.07, 6.45) is -7.62. The van der Waals surface area contributed by atoms with E-state index in [1.165, 1.54) is 18.2 Å². The van der Waals surface area contributed by atoms with Gasteiger partial charge in [0.1, 0.15) is 4.90 Å². The Balaban J connectivity index is 1.65. The Kier molecular flexibility index (Phi) is 7.33. The molecule has 0 unspecified atom stereocenters. The SMILES string of the molecule is O=C(Nc1ccc(N2CCCC2)c(S(=O)(=O)Nc2cccc(C(F)(F)F)c2)c1)c1ccc(C(F)(F)F)cc1. The third-order valence-corrected chi connectivity index (χ3v) is 7.28. The van der Waals surface area contributed by atoms with Crippen LogP contribution in [0.2, 0.25) is 0 Å². The molecule has 1 amide bonds. The zero-order valence-electron chi connectivity index (χ0n) is 19.5. The summed E-state index contributed by atoms with van der Waals surface area (Å²) in [6.45, 7) is 1.12. The average Bonchev–Trinajstić information content (AvgIpc) is 3.38. The molecule has 1 saturated heterocycles. The molecule has 0 aliphatic carbocycles. The second kappa shape index (κ2) is 10.2. The summed E-state index contributed by atoms with van der Waals surface area (Å²) in [5, 5.41) is 2.46. The number of rotatable bonds is 6. The first-order chi connectivity index (χ1) is 17.7. The van der Waals surface area contributed by atoms with Crippen LogP contribution in [0.25, 0.3) is 0 Å². The molecule has 2 N–H and O–H groups in total. The van der Waals surface area contributed by atoms with Crippen LogP contribution in [0.3, 0.4) is 0 Å². The Labute approximate surface area is 214 Å². The van der Waals surface area contributed by atoms with Gasteiger partial charge < -0.3 is 10.2 Å². The van der Waals surface area contributed by atoms with Crippen molar-refractivity contribution in [2.75, 3.05) is 28.0 Å². The molecule has 0 aromatic heterocycles. The van der Waals surface area contributed by atoms with Crippen molar-refractivity contribution in [2.24, 2.45) is 0 Å². The van der Waals surface area contributed by atoms with Gasteiger partial charge in [-0.3, -0.25) is 9.52 Å². The average molecular weight is 558 g/mol. The second-order valence-corrected chi connectivity index (χ2v) is 10.2. The molecule has 4 rings (SSSR count). The fraction of sp³-hybridized carbons (Fsp3) is 0.240. The van der Waals surface area contributed by atoms with E-state index in [1.54, 1.807) is 0 Å². The summed E-state index contributed by atoms with van der Waals surface area (Å²) in [5.74, 6) is -0.776. The molecule has 13 heteroatoms. The van der Waals surface area contributed by atoms with E-state index >= 15 is 0 Å². The van der Waals surface area contributed by atoms with Gasteiger partial charge in [-0.05, 0) is 73.5 Å². The lowest BCUT2D eigenvalue weighted by atomic mass is 10.1. The van der Waals surface area contributed by atoms with Gasteiger partial charge in [0.2, 0.25) is 0 Å². The maximum atomic E-state index is 13.3. The van der Waals surface area contributed by atoms with Crippen LogP contribution in [0.4, 0.5) is 43.4 Å². The lowest BCUT2D eigenvalue weighted by Gasteiger charge is -2.22. The van der Waals surface area contributed by atoms with E-state index in [9.17, 15) is 39.6 Å². The fourth-order valence-corrected chi connectivity index (χ4v) is 5.31. The monoisotopic (exact) mass is 557 g/mol. The van der Waals surface area contributed by atoms with Crippen molar-refractivity contribution < 1.29 is 39.6 Å². The Bertz CT molecular complexity index is 1430. The van der Waals surface area contributed by atoms with E-state index in [0.29, 0.717) is 24.8 Å². The van der Waals surface area contributed by atoms with Crippen LogP contribution in [0.1, 0.15) is 34.3 Å². The number of carbonyl (C=O) groups is 1. The molecule has 1 fully saturated rings. The lowest BCUT2D eigenvalue weighted by Crippen LogP contribution is -2.23. The van der Waals surface area contributed by atoms with Crippen LogP contribution in [0.15, 0.2) is 71.6 Å². The van der Waals surface area contributed by atoms with Crippen molar-refractivity contribution in [3.63, 3.8) is 0 Å². The van der Waals surface area contributed by atoms with Crippen molar-refractivity contribution in [3.8, 4) is 0 Å². The number of carbonyl (C=O) groups excluding carboxylic acids is 1. The number of benzene rings is 3. The highest BCUT2D eigenvalue weighted by atomic mass is 32.2. The van der Waals surface area contributed by atoms with Crippen LogP contribution >= 0.6 is 0 Å². The number of alkyl halides is 6. The zero-order valence-corrected chi connectivity index (χ0v) is 20.3. The molecule has 1 heterocycles. The number of halogens is 6. The van der Waals surface area contributed by atoms with Gasteiger partial charge in [0.05, 0.1) is 16.8 Å². The molecule has 38 heavy (non-hydrogen) atoms. The Morgan fingerprint density at radius 3 is 2.00 bits per heavy atom. The summed E-state index contributed by atoms with van der Waals surface area (Å²) >= 11 is 0. The Hall–Kier alpha value is -3.74. The number of sulfonamides is 1. The van der Waals surface area contributed by atoms with Gasteiger partial charge in [-0.2, -0.15) is 26.3 Å². The van der Waals surface area contributed by atoms with E-state index in [2.05, 4.69) is 10.0 Å².